The van der Waals surface area contributed by atoms with E-state index in [1.165, 1.54) is 19.3 Å². The van der Waals surface area contributed by atoms with Crippen LogP contribution in [-0.2, 0) is 6.54 Å². The Balaban J connectivity index is 2.47. The fraction of sp³-hybridized carbons (Fsp3) is 0.562. The van der Waals surface area contributed by atoms with Gasteiger partial charge in [0.15, 0.2) is 5.96 Å². The molecular formula is C16H27N3O2. The molecule has 118 valence electrons. The fourth-order valence-electron chi connectivity index (χ4n) is 1.98. The average molecular weight is 293 g/mol. The van der Waals surface area contributed by atoms with Crippen molar-refractivity contribution in [1.82, 2.24) is 5.32 Å². The van der Waals surface area contributed by atoms with Gasteiger partial charge in [-0.05, 0) is 18.6 Å². The summed E-state index contributed by atoms with van der Waals surface area (Å²) < 4.78 is 10.5. The van der Waals surface area contributed by atoms with Gasteiger partial charge < -0.3 is 20.5 Å². The first kappa shape index (κ1) is 17.1. The van der Waals surface area contributed by atoms with E-state index < -0.39 is 0 Å². The van der Waals surface area contributed by atoms with Crippen LogP contribution in [0, 0.1) is 0 Å². The SMILES string of the molecule is CCCCCCNC(N)=NCc1ccc(OC)cc1OC. The lowest BCUT2D eigenvalue weighted by Crippen LogP contribution is -2.32. The Kier molecular flexibility index (Phi) is 8.09. The normalized spacial score (nSPS) is 11.3. The third-order valence-corrected chi connectivity index (χ3v) is 3.25. The van der Waals surface area contributed by atoms with Crippen molar-refractivity contribution in [2.75, 3.05) is 20.8 Å². The summed E-state index contributed by atoms with van der Waals surface area (Å²) in [6.45, 7) is 3.56. The number of rotatable bonds is 9. The number of unbranched alkanes of at least 4 members (excludes halogenated alkanes) is 3. The largest absolute Gasteiger partial charge is 0.497 e. The first-order valence-electron chi connectivity index (χ1n) is 7.46. The number of aliphatic imine (C=N–C) groups is 1. The number of nitrogens with two attached hydrogens (primary N) is 1. The van der Waals surface area contributed by atoms with Gasteiger partial charge in [-0.25, -0.2) is 4.99 Å². The van der Waals surface area contributed by atoms with Crippen molar-refractivity contribution in [1.29, 1.82) is 0 Å². The molecule has 0 aliphatic heterocycles. The second-order valence-electron chi connectivity index (χ2n) is 4.87. The van der Waals surface area contributed by atoms with E-state index in [9.17, 15) is 0 Å². The predicted molar refractivity (Wildman–Crippen MR) is 87.0 cm³/mol. The van der Waals surface area contributed by atoms with Crippen molar-refractivity contribution in [3.8, 4) is 11.5 Å². The van der Waals surface area contributed by atoms with E-state index in [1.807, 2.05) is 18.2 Å². The first-order chi connectivity index (χ1) is 10.2. The Morgan fingerprint density at radius 1 is 1.19 bits per heavy atom. The molecule has 0 atom stereocenters. The maximum Gasteiger partial charge on any atom is 0.188 e. The number of methoxy groups -OCH3 is 2. The molecular weight excluding hydrogens is 266 g/mol. The molecule has 0 spiro atoms. The summed E-state index contributed by atoms with van der Waals surface area (Å²) in [6, 6.07) is 5.68. The number of nitrogens with one attached hydrogen (secondary N) is 1. The second-order valence-corrected chi connectivity index (χ2v) is 4.87. The van der Waals surface area contributed by atoms with E-state index in [0.717, 1.165) is 30.0 Å². The van der Waals surface area contributed by atoms with Gasteiger partial charge in [-0.15, -0.1) is 0 Å². The van der Waals surface area contributed by atoms with E-state index >= 15 is 0 Å². The maximum atomic E-state index is 5.86. The van der Waals surface area contributed by atoms with Gasteiger partial charge in [-0.3, -0.25) is 0 Å². The van der Waals surface area contributed by atoms with Crippen molar-refractivity contribution in [3.63, 3.8) is 0 Å². The highest BCUT2D eigenvalue weighted by Crippen LogP contribution is 2.24. The molecule has 0 amide bonds. The van der Waals surface area contributed by atoms with Crippen LogP contribution < -0.4 is 20.5 Å². The van der Waals surface area contributed by atoms with Crippen molar-refractivity contribution < 1.29 is 9.47 Å². The number of guanidine groups is 1. The minimum atomic E-state index is 0.476. The third kappa shape index (κ3) is 6.38. The summed E-state index contributed by atoms with van der Waals surface area (Å²) in [5, 5.41) is 3.13. The van der Waals surface area contributed by atoms with Gasteiger partial charge >= 0.3 is 0 Å². The van der Waals surface area contributed by atoms with Gasteiger partial charge in [0.05, 0.1) is 20.8 Å². The van der Waals surface area contributed by atoms with Crippen LogP contribution in [0.2, 0.25) is 0 Å². The first-order valence-corrected chi connectivity index (χ1v) is 7.46. The highest BCUT2D eigenvalue weighted by molar-refractivity contribution is 5.77. The van der Waals surface area contributed by atoms with Crippen molar-refractivity contribution in [2.24, 2.45) is 10.7 Å². The number of hydrogen-bond donors (Lipinski definition) is 2. The Morgan fingerprint density at radius 2 is 2.00 bits per heavy atom. The molecule has 0 unspecified atom stereocenters. The summed E-state index contributed by atoms with van der Waals surface area (Å²) in [4.78, 5) is 4.34. The van der Waals surface area contributed by atoms with Crippen LogP contribution in [0.25, 0.3) is 0 Å². The van der Waals surface area contributed by atoms with Crippen LogP contribution in [0.15, 0.2) is 23.2 Å². The molecule has 0 bridgehead atoms. The van der Waals surface area contributed by atoms with Crippen LogP contribution in [0.3, 0.4) is 0 Å². The lowest BCUT2D eigenvalue weighted by molar-refractivity contribution is 0.391. The molecule has 0 fully saturated rings. The molecule has 0 aliphatic carbocycles. The van der Waals surface area contributed by atoms with Crippen molar-refractivity contribution >= 4 is 5.96 Å². The van der Waals surface area contributed by atoms with Gasteiger partial charge in [0.2, 0.25) is 0 Å². The second kappa shape index (κ2) is 9.91. The Labute approximate surface area is 127 Å². The van der Waals surface area contributed by atoms with Gasteiger partial charge in [0, 0.05) is 18.2 Å². The zero-order valence-corrected chi connectivity index (χ0v) is 13.3. The quantitative estimate of drug-likeness (QED) is 0.417. The number of nitrogens with zero attached hydrogens (tertiary/aromatic N) is 1. The van der Waals surface area contributed by atoms with Crippen LogP contribution >= 0.6 is 0 Å². The molecule has 0 heterocycles. The Hall–Kier alpha value is -1.91. The molecule has 0 saturated heterocycles. The van der Waals surface area contributed by atoms with E-state index in [-0.39, 0.29) is 0 Å². The van der Waals surface area contributed by atoms with Crippen molar-refractivity contribution in [2.45, 2.75) is 39.2 Å². The highest BCUT2D eigenvalue weighted by Gasteiger charge is 2.04. The molecule has 1 rings (SSSR count). The average Bonchev–Trinajstić information content (AvgIpc) is 2.52. The van der Waals surface area contributed by atoms with Gasteiger partial charge in [0.25, 0.3) is 0 Å². The molecule has 3 N–H and O–H groups in total. The van der Waals surface area contributed by atoms with Crippen LogP contribution in [0.5, 0.6) is 11.5 Å². The molecule has 1 aromatic carbocycles. The maximum absolute atomic E-state index is 5.86. The Morgan fingerprint density at radius 3 is 2.67 bits per heavy atom. The van der Waals surface area contributed by atoms with E-state index in [0.29, 0.717) is 12.5 Å². The van der Waals surface area contributed by atoms with E-state index in [4.69, 9.17) is 15.2 Å². The summed E-state index contributed by atoms with van der Waals surface area (Å²) in [5.74, 6) is 2.00. The lowest BCUT2D eigenvalue weighted by Gasteiger charge is -2.09. The zero-order chi connectivity index (χ0) is 15.5. The smallest absolute Gasteiger partial charge is 0.188 e. The third-order valence-electron chi connectivity index (χ3n) is 3.25. The fourth-order valence-corrected chi connectivity index (χ4v) is 1.98. The molecule has 5 nitrogen and oxygen atoms in total. The lowest BCUT2D eigenvalue weighted by atomic mass is 10.2. The van der Waals surface area contributed by atoms with Crippen LogP contribution in [0.1, 0.15) is 38.2 Å². The summed E-state index contributed by atoms with van der Waals surface area (Å²) in [5.41, 5.74) is 6.84. The topological polar surface area (TPSA) is 68.9 Å². The molecule has 0 radical (unpaired) electrons. The molecule has 5 heteroatoms. The Bertz CT molecular complexity index is 447. The number of ether oxygens (including phenoxy) is 2. The van der Waals surface area contributed by atoms with E-state index in [1.54, 1.807) is 14.2 Å². The minimum Gasteiger partial charge on any atom is -0.497 e. The minimum absolute atomic E-state index is 0.476. The molecule has 0 aliphatic rings. The van der Waals surface area contributed by atoms with Crippen LogP contribution in [0.4, 0.5) is 0 Å². The zero-order valence-electron chi connectivity index (χ0n) is 13.3. The highest BCUT2D eigenvalue weighted by atomic mass is 16.5. The van der Waals surface area contributed by atoms with Gasteiger partial charge in [-0.2, -0.15) is 0 Å². The number of hydrogen-bond acceptors (Lipinski definition) is 3. The van der Waals surface area contributed by atoms with Crippen LogP contribution in [-0.4, -0.2) is 26.7 Å². The van der Waals surface area contributed by atoms with Crippen molar-refractivity contribution in [3.05, 3.63) is 23.8 Å². The van der Waals surface area contributed by atoms with E-state index in [2.05, 4.69) is 17.2 Å². The molecule has 0 aromatic heterocycles. The summed E-state index contributed by atoms with van der Waals surface area (Å²) in [7, 11) is 3.27. The summed E-state index contributed by atoms with van der Waals surface area (Å²) >= 11 is 0. The number of benzene rings is 1. The predicted octanol–water partition coefficient (Wildman–Crippen LogP) is 2.69. The monoisotopic (exact) mass is 293 g/mol. The molecule has 1 aromatic rings. The standard InChI is InChI=1S/C16H27N3O2/c1-4-5-6-7-10-18-16(17)19-12-13-8-9-14(20-2)11-15(13)21-3/h8-9,11H,4-7,10,12H2,1-3H3,(H3,17,18,19). The molecule has 0 saturated carbocycles. The van der Waals surface area contributed by atoms with Gasteiger partial charge in [0.1, 0.15) is 11.5 Å². The summed E-state index contributed by atoms with van der Waals surface area (Å²) in [6.07, 6.45) is 4.85. The molecule has 21 heavy (non-hydrogen) atoms. The van der Waals surface area contributed by atoms with Gasteiger partial charge in [-0.1, -0.05) is 26.2 Å².